The van der Waals surface area contributed by atoms with E-state index in [-0.39, 0.29) is 12.5 Å². The molecule has 0 aliphatic carbocycles. The van der Waals surface area contributed by atoms with E-state index in [0.717, 1.165) is 77.0 Å². The predicted molar refractivity (Wildman–Crippen MR) is 351 cm³/mol. The molecule has 2 heterocycles. The van der Waals surface area contributed by atoms with Crippen LogP contribution in [0.1, 0.15) is 322 Å². The van der Waals surface area contributed by atoms with Crippen LogP contribution in [-0.2, 0) is 23.7 Å². The van der Waals surface area contributed by atoms with E-state index in [0.29, 0.717) is 19.3 Å². The number of aliphatic hydroxyl groups excluding tert-OH is 8. The van der Waals surface area contributed by atoms with Gasteiger partial charge in [0.25, 0.3) is 0 Å². The molecule has 12 unspecified atom stereocenters. The number of carbonyl (C=O) groups excluding carboxylic acids is 1. The van der Waals surface area contributed by atoms with E-state index in [4.69, 9.17) is 18.9 Å². The number of hydrogen-bond acceptors (Lipinski definition) is 13. The molecule has 506 valence electrons. The van der Waals surface area contributed by atoms with Crippen molar-refractivity contribution in [2.75, 3.05) is 19.8 Å². The van der Waals surface area contributed by atoms with Gasteiger partial charge < -0.3 is 65.1 Å². The fourth-order valence-corrected chi connectivity index (χ4v) is 12.1. The SMILES string of the molecule is CCCCC/C=C\C/C=C\C/C=C\CCCCCCCCC(=O)NC(COC1OC(CO)C(OC2OC(CO)C(O)C(O)C2O)C(O)C1O)C(O)CCCCCCCCCCCCCCCCCCCCCCCCCCCCCCCCCCC. The van der Waals surface area contributed by atoms with Crippen molar-refractivity contribution >= 4 is 5.91 Å². The Morgan fingerprint density at radius 1 is 0.419 bits per heavy atom. The molecule has 14 nitrogen and oxygen atoms in total. The second-order valence-corrected chi connectivity index (χ2v) is 25.7. The smallest absolute Gasteiger partial charge is 0.220 e. The summed E-state index contributed by atoms with van der Waals surface area (Å²) in [7, 11) is 0. The van der Waals surface area contributed by atoms with Crippen molar-refractivity contribution in [2.24, 2.45) is 0 Å². The summed E-state index contributed by atoms with van der Waals surface area (Å²) in [5.41, 5.74) is 0. The number of aliphatic hydroxyl groups is 8. The zero-order valence-corrected chi connectivity index (χ0v) is 55.1. The van der Waals surface area contributed by atoms with E-state index < -0.39 is 86.8 Å². The number of amides is 1. The van der Waals surface area contributed by atoms with Crippen molar-refractivity contribution in [1.82, 2.24) is 5.32 Å². The van der Waals surface area contributed by atoms with Gasteiger partial charge in [-0.3, -0.25) is 4.79 Å². The third kappa shape index (κ3) is 40.8. The summed E-state index contributed by atoms with van der Waals surface area (Å²) in [6.45, 7) is 2.87. The van der Waals surface area contributed by atoms with Gasteiger partial charge >= 0.3 is 0 Å². The number of unbranched alkanes of at least 4 members (excludes halogenated alkanes) is 41. The van der Waals surface area contributed by atoms with E-state index in [1.165, 1.54) is 212 Å². The molecule has 0 bridgehead atoms. The number of allylic oxidation sites excluding steroid dienone is 6. The number of ether oxygens (including phenoxy) is 4. The molecule has 0 radical (unpaired) electrons. The lowest BCUT2D eigenvalue weighted by molar-refractivity contribution is -0.359. The molecule has 14 heteroatoms. The fraction of sp³-hybridized carbons (Fsp3) is 0.903. The molecule has 2 aliphatic rings. The Hall–Kier alpha value is -1.79. The predicted octanol–water partition coefficient (Wildman–Crippen LogP) is 14.9. The van der Waals surface area contributed by atoms with E-state index in [1.54, 1.807) is 0 Å². The molecule has 0 saturated carbocycles. The molecule has 0 aromatic heterocycles. The Kier molecular flexibility index (Phi) is 53.4. The van der Waals surface area contributed by atoms with Crippen molar-refractivity contribution in [1.29, 1.82) is 0 Å². The van der Waals surface area contributed by atoms with Gasteiger partial charge in [-0.15, -0.1) is 0 Å². The summed E-state index contributed by atoms with van der Waals surface area (Å²) in [6, 6.07) is -0.838. The molecular weight excluding hydrogens is 1090 g/mol. The Labute approximate surface area is 525 Å². The zero-order valence-electron chi connectivity index (χ0n) is 55.1. The minimum Gasteiger partial charge on any atom is -0.394 e. The lowest BCUT2D eigenvalue weighted by Crippen LogP contribution is -2.65. The normalized spacial score (nSPS) is 23.6. The molecular formula is C72H135NO13. The van der Waals surface area contributed by atoms with E-state index >= 15 is 0 Å². The van der Waals surface area contributed by atoms with E-state index in [2.05, 4.69) is 55.6 Å². The summed E-state index contributed by atoms with van der Waals surface area (Å²) in [6.07, 6.45) is 56.0. The van der Waals surface area contributed by atoms with E-state index in [9.17, 15) is 45.6 Å². The Morgan fingerprint density at radius 2 is 0.767 bits per heavy atom. The number of carbonyl (C=O) groups is 1. The monoisotopic (exact) mass is 1220 g/mol. The molecule has 2 rings (SSSR count). The first kappa shape index (κ1) is 80.3. The molecule has 86 heavy (non-hydrogen) atoms. The molecule has 1 amide bonds. The quantitative estimate of drug-likeness (QED) is 0.0204. The molecule has 12 atom stereocenters. The van der Waals surface area contributed by atoms with Gasteiger partial charge in [0, 0.05) is 6.42 Å². The van der Waals surface area contributed by atoms with Gasteiger partial charge in [-0.2, -0.15) is 0 Å². The largest absolute Gasteiger partial charge is 0.394 e. The molecule has 2 saturated heterocycles. The summed E-state index contributed by atoms with van der Waals surface area (Å²) in [4.78, 5) is 13.3. The molecule has 9 N–H and O–H groups in total. The highest BCUT2D eigenvalue weighted by Crippen LogP contribution is 2.30. The van der Waals surface area contributed by atoms with Gasteiger partial charge in [0.2, 0.25) is 5.91 Å². The van der Waals surface area contributed by atoms with Crippen LogP contribution < -0.4 is 5.32 Å². The summed E-state index contributed by atoms with van der Waals surface area (Å²) >= 11 is 0. The zero-order chi connectivity index (χ0) is 62.3. The van der Waals surface area contributed by atoms with Crippen LogP contribution in [-0.4, -0.2) is 140 Å². The van der Waals surface area contributed by atoms with Crippen LogP contribution in [0, 0.1) is 0 Å². The van der Waals surface area contributed by atoms with Crippen LogP contribution >= 0.6 is 0 Å². The first-order valence-corrected chi connectivity index (χ1v) is 36.2. The Morgan fingerprint density at radius 3 is 1.20 bits per heavy atom. The highest BCUT2D eigenvalue weighted by Gasteiger charge is 2.51. The van der Waals surface area contributed by atoms with Crippen LogP contribution in [0.15, 0.2) is 36.5 Å². The summed E-state index contributed by atoms with van der Waals surface area (Å²) < 4.78 is 22.9. The average molecular weight is 1220 g/mol. The highest BCUT2D eigenvalue weighted by molar-refractivity contribution is 5.76. The Balaban J connectivity index is 1.63. The minimum absolute atomic E-state index is 0.215. The molecule has 0 spiro atoms. The van der Waals surface area contributed by atoms with Crippen LogP contribution in [0.3, 0.4) is 0 Å². The maximum atomic E-state index is 13.3. The maximum absolute atomic E-state index is 13.3. The fourth-order valence-electron chi connectivity index (χ4n) is 12.1. The molecule has 2 fully saturated rings. The van der Waals surface area contributed by atoms with Crippen molar-refractivity contribution in [3.8, 4) is 0 Å². The second-order valence-electron chi connectivity index (χ2n) is 25.7. The Bertz CT molecular complexity index is 1580. The molecule has 0 aromatic rings. The van der Waals surface area contributed by atoms with Gasteiger partial charge in [-0.25, -0.2) is 0 Å². The van der Waals surface area contributed by atoms with Crippen LogP contribution in [0.4, 0.5) is 0 Å². The number of rotatable bonds is 60. The summed E-state index contributed by atoms with van der Waals surface area (Å²) in [5, 5.41) is 87.6. The van der Waals surface area contributed by atoms with Gasteiger partial charge in [0.1, 0.15) is 48.8 Å². The standard InChI is InChI=1S/C72H135NO13/c1-3-5-7-9-11-13-15-17-19-21-23-24-25-26-27-28-29-30-31-32-33-34-35-36-38-39-41-43-45-47-49-51-53-55-61(76)60(73-64(77)56-54-52-50-48-46-44-42-40-37-22-20-18-16-14-12-10-8-6-4-2)59-83-71-69(82)67(80)70(63(58-75)85-71)86-72-68(81)66(79)65(78)62(57-74)84-72/h12,14,18,20,37,40,60-63,65-72,74-76,78-82H,3-11,13,15-17,19,21-36,38-39,41-59H2,1-2H3,(H,73,77)/b14-12-,20-18-,40-37-. The van der Waals surface area contributed by atoms with Crippen molar-refractivity contribution < 1.29 is 64.6 Å². The average Bonchev–Trinajstić information content (AvgIpc) is 2.46. The molecule has 2 aliphatic heterocycles. The third-order valence-electron chi connectivity index (χ3n) is 17.9. The lowest BCUT2D eigenvalue weighted by atomic mass is 9.97. The third-order valence-corrected chi connectivity index (χ3v) is 17.9. The summed E-state index contributed by atoms with van der Waals surface area (Å²) in [5.74, 6) is -0.215. The van der Waals surface area contributed by atoms with Gasteiger partial charge in [-0.05, 0) is 51.4 Å². The van der Waals surface area contributed by atoms with Crippen molar-refractivity contribution in [2.45, 2.75) is 396 Å². The van der Waals surface area contributed by atoms with Crippen molar-refractivity contribution in [3.63, 3.8) is 0 Å². The number of nitrogens with one attached hydrogen (secondary N) is 1. The van der Waals surface area contributed by atoms with Crippen LogP contribution in [0.5, 0.6) is 0 Å². The number of hydrogen-bond donors (Lipinski definition) is 9. The first-order chi connectivity index (χ1) is 42.1. The topological polar surface area (TPSA) is 228 Å². The van der Waals surface area contributed by atoms with Crippen LogP contribution in [0.25, 0.3) is 0 Å². The minimum atomic E-state index is -1.79. The van der Waals surface area contributed by atoms with Crippen LogP contribution in [0.2, 0.25) is 0 Å². The van der Waals surface area contributed by atoms with Gasteiger partial charge in [-0.1, -0.05) is 301 Å². The van der Waals surface area contributed by atoms with E-state index in [1.807, 2.05) is 0 Å². The molecule has 0 aromatic carbocycles. The maximum Gasteiger partial charge on any atom is 0.220 e. The van der Waals surface area contributed by atoms with Crippen molar-refractivity contribution in [3.05, 3.63) is 36.5 Å². The lowest BCUT2D eigenvalue weighted by Gasteiger charge is -2.46. The second kappa shape index (κ2) is 57.1. The highest BCUT2D eigenvalue weighted by atomic mass is 16.7. The van der Waals surface area contributed by atoms with Gasteiger partial charge in [0.15, 0.2) is 12.6 Å². The first-order valence-electron chi connectivity index (χ1n) is 36.2. The van der Waals surface area contributed by atoms with Gasteiger partial charge in [0.05, 0.1) is 32.0 Å².